The van der Waals surface area contributed by atoms with E-state index in [0.717, 1.165) is 55.7 Å². The molecule has 1 aromatic heterocycles. The second-order valence-electron chi connectivity index (χ2n) is 8.99. The molecule has 0 bridgehead atoms. The van der Waals surface area contributed by atoms with Crippen LogP contribution < -0.4 is 0 Å². The smallest absolute Gasteiger partial charge is 0.159 e. The molecule has 1 spiro atoms. The molecule has 2 aromatic carbocycles. The molecule has 5 rings (SSSR count). The highest BCUT2D eigenvalue weighted by Gasteiger charge is 2.42. The summed E-state index contributed by atoms with van der Waals surface area (Å²) in [6.07, 6.45) is 5.69. The van der Waals surface area contributed by atoms with Crippen molar-refractivity contribution < 1.29 is 18.4 Å². The van der Waals surface area contributed by atoms with Crippen LogP contribution in [0.1, 0.15) is 46.2 Å². The lowest BCUT2D eigenvalue weighted by atomic mass is 9.84. The summed E-state index contributed by atoms with van der Waals surface area (Å²) in [5.41, 5.74) is 6.23. The molecule has 176 valence electrons. The van der Waals surface area contributed by atoms with Crippen LogP contribution in [0.25, 0.3) is 0 Å². The van der Waals surface area contributed by atoms with Crippen LogP contribution in [-0.4, -0.2) is 35.8 Å². The first-order valence-corrected chi connectivity index (χ1v) is 11.5. The number of rotatable bonds is 5. The zero-order valence-electron chi connectivity index (χ0n) is 19.4. The molecular formula is C27H27F2N3O2. The molecule has 0 amide bonds. The fourth-order valence-corrected chi connectivity index (χ4v) is 5.08. The summed E-state index contributed by atoms with van der Waals surface area (Å²) >= 11 is 0. The zero-order valence-corrected chi connectivity index (χ0v) is 19.4. The van der Waals surface area contributed by atoms with Gasteiger partial charge in [0.15, 0.2) is 11.6 Å². The first-order chi connectivity index (χ1) is 16.5. The Bertz CT molecular complexity index is 1240. The van der Waals surface area contributed by atoms with Gasteiger partial charge in [-0.2, -0.15) is 0 Å². The highest BCUT2D eigenvalue weighted by Crippen LogP contribution is 2.43. The molecule has 2 aliphatic rings. The SMILES string of the molecule is CO/N=C(\c1ccc(F)c(F)c1)c1ccc(CN2CCC3(CC2)OCc2ccncc23)cc1C. The van der Waals surface area contributed by atoms with Crippen LogP contribution in [0.4, 0.5) is 8.78 Å². The number of fused-ring (bicyclic) bond motifs is 2. The fraction of sp³-hybridized carbons (Fsp3) is 0.333. The van der Waals surface area contributed by atoms with Gasteiger partial charge in [0, 0.05) is 48.7 Å². The minimum absolute atomic E-state index is 0.199. The molecule has 0 aliphatic carbocycles. The Morgan fingerprint density at radius 3 is 2.68 bits per heavy atom. The van der Waals surface area contributed by atoms with E-state index in [2.05, 4.69) is 33.2 Å². The van der Waals surface area contributed by atoms with Crippen molar-refractivity contribution in [2.45, 2.75) is 38.5 Å². The maximum Gasteiger partial charge on any atom is 0.159 e. The van der Waals surface area contributed by atoms with Gasteiger partial charge in [-0.15, -0.1) is 0 Å². The largest absolute Gasteiger partial charge is 0.399 e. The molecule has 0 unspecified atom stereocenters. The number of oxime groups is 1. The first kappa shape index (κ1) is 22.6. The molecule has 1 fully saturated rings. The molecule has 7 heteroatoms. The number of ether oxygens (including phenoxy) is 1. The highest BCUT2D eigenvalue weighted by atomic mass is 19.2. The lowest BCUT2D eigenvalue weighted by Crippen LogP contribution is -2.42. The zero-order chi connectivity index (χ0) is 23.7. The number of benzene rings is 2. The molecule has 0 N–H and O–H groups in total. The standard InChI is InChI=1S/C27H27F2N3O2/c1-18-13-19(3-5-22(18)26(31-33-2)20-4-6-24(28)25(29)14-20)16-32-11-8-27(9-12-32)23-15-30-10-7-21(23)17-34-27/h3-7,10,13-15H,8-9,11-12,16-17H2,1-2H3/b31-26+. The van der Waals surface area contributed by atoms with Crippen molar-refractivity contribution in [2.24, 2.45) is 5.16 Å². The van der Waals surface area contributed by atoms with Crippen LogP contribution in [0.3, 0.4) is 0 Å². The van der Waals surface area contributed by atoms with Crippen molar-refractivity contribution in [2.75, 3.05) is 20.2 Å². The number of piperidine rings is 1. The Kier molecular flexibility index (Phi) is 6.15. The quantitative estimate of drug-likeness (QED) is 0.391. The maximum atomic E-state index is 13.8. The van der Waals surface area contributed by atoms with Gasteiger partial charge in [0.25, 0.3) is 0 Å². The number of halogens is 2. The number of nitrogens with zero attached hydrogens (tertiary/aromatic N) is 3. The van der Waals surface area contributed by atoms with E-state index in [4.69, 9.17) is 9.57 Å². The van der Waals surface area contributed by atoms with Gasteiger partial charge in [-0.1, -0.05) is 23.4 Å². The number of hydrogen-bond acceptors (Lipinski definition) is 5. The van der Waals surface area contributed by atoms with Gasteiger partial charge in [0.05, 0.1) is 12.2 Å². The third-order valence-electron chi connectivity index (χ3n) is 6.90. The number of hydrogen-bond donors (Lipinski definition) is 0. The summed E-state index contributed by atoms with van der Waals surface area (Å²) in [6, 6.07) is 12.0. The van der Waals surface area contributed by atoms with Crippen molar-refractivity contribution >= 4 is 5.71 Å². The Morgan fingerprint density at radius 2 is 1.94 bits per heavy atom. The minimum atomic E-state index is -0.914. The second-order valence-corrected chi connectivity index (χ2v) is 8.99. The van der Waals surface area contributed by atoms with Crippen molar-refractivity contribution in [1.29, 1.82) is 0 Å². The van der Waals surface area contributed by atoms with Gasteiger partial charge in [-0.3, -0.25) is 9.88 Å². The summed E-state index contributed by atoms with van der Waals surface area (Å²) in [7, 11) is 1.44. The number of pyridine rings is 1. The summed E-state index contributed by atoms with van der Waals surface area (Å²) < 4.78 is 33.5. The molecule has 0 radical (unpaired) electrons. The second kappa shape index (κ2) is 9.24. The monoisotopic (exact) mass is 463 g/mol. The van der Waals surface area contributed by atoms with E-state index in [1.165, 1.54) is 29.9 Å². The van der Waals surface area contributed by atoms with E-state index >= 15 is 0 Å². The average Bonchev–Trinajstić information content (AvgIpc) is 3.20. The average molecular weight is 464 g/mol. The van der Waals surface area contributed by atoms with Crippen LogP contribution in [0, 0.1) is 18.6 Å². The fourth-order valence-electron chi connectivity index (χ4n) is 5.08. The molecule has 34 heavy (non-hydrogen) atoms. The van der Waals surface area contributed by atoms with Gasteiger partial charge in [-0.05, 0) is 60.7 Å². The topological polar surface area (TPSA) is 47.0 Å². The van der Waals surface area contributed by atoms with Crippen molar-refractivity contribution in [3.05, 3.63) is 99.9 Å². The molecule has 5 nitrogen and oxygen atoms in total. The van der Waals surface area contributed by atoms with E-state index in [-0.39, 0.29) is 5.60 Å². The van der Waals surface area contributed by atoms with Crippen LogP contribution in [0.2, 0.25) is 0 Å². The van der Waals surface area contributed by atoms with Gasteiger partial charge in [-0.25, -0.2) is 8.78 Å². The number of aryl methyl sites for hydroxylation is 1. The lowest BCUT2D eigenvalue weighted by molar-refractivity contribution is -0.0800. The number of likely N-dealkylation sites (tertiary alicyclic amines) is 1. The number of aromatic nitrogens is 1. The van der Waals surface area contributed by atoms with Crippen LogP contribution in [0.5, 0.6) is 0 Å². The minimum Gasteiger partial charge on any atom is -0.399 e. The molecule has 2 aliphatic heterocycles. The van der Waals surface area contributed by atoms with Gasteiger partial charge >= 0.3 is 0 Å². The van der Waals surface area contributed by atoms with E-state index in [9.17, 15) is 8.78 Å². The van der Waals surface area contributed by atoms with E-state index in [0.29, 0.717) is 17.9 Å². The Hall–Kier alpha value is -3.16. The van der Waals surface area contributed by atoms with Gasteiger partial charge < -0.3 is 9.57 Å². The summed E-state index contributed by atoms with van der Waals surface area (Å²) in [4.78, 5) is 11.8. The summed E-state index contributed by atoms with van der Waals surface area (Å²) in [6.45, 7) is 5.38. The molecule has 0 saturated carbocycles. The van der Waals surface area contributed by atoms with Crippen molar-refractivity contribution in [3.63, 3.8) is 0 Å². The predicted molar refractivity (Wildman–Crippen MR) is 125 cm³/mol. The highest BCUT2D eigenvalue weighted by molar-refractivity contribution is 6.13. The third kappa shape index (κ3) is 4.21. The lowest BCUT2D eigenvalue weighted by Gasteiger charge is -2.39. The van der Waals surface area contributed by atoms with E-state index in [1.54, 1.807) is 0 Å². The third-order valence-corrected chi connectivity index (χ3v) is 6.90. The molecule has 3 heterocycles. The first-order valence-electron chi connectivity index (χ1n) is 11.5. The van der Waals surface area contributed by atoms with E-state index < -0.39 is 11.6 Å². The Labute approximate surface area is 198 Å². The predicted octanol–water partition coefficient (Wildman–Crippen LogP) is 5.09. The molecular weight excluding hydrogens is 436 g/mol. The maximum absolute atomic E-state index is 13.8. The summed E-state index contributed by atoms with van der Waals surface area (Å²) in [5.74, 6) is -1.80. The van der Waals surface area contributed by atoms with E-state index in [1.807, 2.05) is 25.4 Å². The van der Waals surface area contributed by atoms with Crippen LogP contribution in [-0.2, 0) is 28.3 Å². The van der Waals surface area contributed by atoms with Gasteiger partial charge in [0.1, 0.15) is 12.8 Å². The Morgan fingerprint density at radius 1 is 1.12 bits per heavy atom. The molecule has 0 atom stereocenters. The summed E-state index contributed by atoms with van der Waals surface area (Å²) in [5, 5.41) is 4.10. The van der Waals surface area contributed by atoms with Crippen LogP contribution >= 0.6 is 0 Å². The van der Waals surface area contributed by atoms with Crippen molar-refractivity contribution in [3.8, 4) is 0 Å². The molecule has 3 aromatic rings. The van der Waals surface area contributed by atoms with Crippen molar-refractivity contribution in [1.82, 2.24) is 9.88 Å². The van der Waals surface area contributed by atoms with Gasteiger partial charge in [0.2, 0.25) is 0 Å². The van der Waals surface area contributed by atoms with Crippen LogP contribution in [0.15, 0.2) is 60.0 Å². The normalized spacial score (nSPS) is 17.7. The molecule has 1 saturated heterocycles. The Balaban J connectivity index is 1.30.